The van der Waals surface area contributed by atoms with E-state index in [1.807, 2.05) is 0 Å². The number of hydrogen-bond donors (Lipinski definition) is 0. The Balaban J connectivity index is 2.01. The summed E-state index contributed by atoms with van der Waals surface area (Å²) in [7, 11) is 0. The van der Waals surface area contributed by atoms with Crippen LogP contribution in [0.4, 0.5) is 5.69 Å². The number of aryl methyl sites for hydroxylation is 1. The van der Waals surface area contributed by atoms with Gasteiger partial charge in [-0.2, -0.15) is 5.26 Å². The fourth-order valence-corrected chi connectivity index (χ4v) is 2.74. The van der Waals surface area contributed by atoms with Crippen LogP contribution in [-0.2, 0) is 0 Å². The van der Waals surface area contributed by atoms with Crippen LogP contribution in [0.15, 0.2) is 59.0 Å². The lowest BCUT2D eigenvalue weighted by Gasteiger charge is -2.01. The third-order valence-corrected chi connectivity index (χ3v) is 4.02. The van der Waals surface area contributed by atoms with Gasteiger partial charge < -0.3 is 4.42 Å². The predicted molar refractivity (Wildman–Crippen MR) is 100 cm³/mol. The van der Waals surface area contributed by atoms with Crippen molar-refractivity contribution in [2.45, 2.75) is 6.92 Å². The summed E-state index contributed by atoms with van der Waals surface area (Å²) in [6, 6.07) is 17.3. The highest BCUT2D eigenvalue weighted by Crippen LogP contribution is 2.33. The molecule has 128 valence electrons. The minimum atomic E-state index is -0.437. The number of nitrogens with zero attached hydrogens (tertiary/aromatic N) is 2. The molecule has 0 saturated carbocycles. The molecule has 6 heteroatoms. The van der Waals surface area contributed by atoms with E-state index in [4.69, 9.17) is 16.0 Å². The van der Waals surface area contributed by atoms with Crippen LogP contribution < -0.4 is 0 Å². The van der Waals surface area contributed by atoms with Crippen molar-refractivity contribution in [1.82, 2.24) is 0 Å². The highest BCUT2D eigenvalue weighted by molar-refractivity contribution is 6.30. The molecule has 5 nitrogen and oxygen atoms in total. The van der Waals surface area contributed by atoms with Gasteiger partial charge in [-0.3, -0.25) is 10.1 Å². The molecule has 3 aromatic rings. The molecule has 0 N–H and O–H groups in total. The zero-order valence-electron chi connectivity index (χ0n) is 13.8. The smallest absolute Gasteiger partial charge is 0.280 e. The first-order chi connectivity index (χ1) is 12.5. The molecular formula is C20H13ClN2O3. The van der Waals surface area contributed by atoms with Gasteiger partial charge in [-0.15, -0.1) is 0 Å². The lowest BCUT2D eigenvalue weighted by Crippen LogP contribution is -1.92. The zero-order valence-corrected chi connectivity index (χ0v) is 14.5. The van der Waals surface area contributed by atoms with E-state index in [1.54, 1.807) is 61.5 Å². The molecule has 0 atom stereocenters. The number of rotatable bonds is 4. The van der Waals surface area contributed by atoms with Crippen LogP contribution in [-0.4, -0.2) is 4.92 Å². The Labute approximate surface area is 154 Å². The van der Waals surface area contributed by atoms with Crippen LogP contribution in [0.2, 0.25) is 5.02 Å². The molecule has 26 heavy (non-hydrogen) atoms. The summed E-state index contributed by atoms with van der Waals surface area (Å²) in [5, 5.41) is 21.2. The number of halogens is 1. The highest BCUT2D eigenvalue weighted by atomic mass is 35.5. The zero-order chi connectivity index (χ0) is 18.7. The van der Waals surface area contributed by atoms with Gasteiger partial charge in [0, 0.05) is 11.1 Å². The molecule has 0 aliphatic heterocycles. The normalized spacial score (nSPS) is 11.2. The lowest BCUT2D eigenvalue weighted by molar-refractivity contribution is -0.384. The largest absolute Gasteiger partial charge is 0.456 e. The number of nitriles is 1. The number of allylic oxidation sites excluding steroid dienone is 1. The van der Waals surface area contributed by atoms with Crippen LogP contribution in [0, 0.1) is 28.4 Å². The van der Waals surface area contributed by atoms with Gasteiger partial charge in [0.2, 0.25) is 0 Å². The third kappa shape index (κ3) is 3.66. The first-order valence-corrected chi connectivity index (χ1v) is 8.08. The topological polar surface area (TPSA) is 80.1 Å². The van der Waals surface area contributed by atoms with Crippen LogP contribution in [0.1, 0.15) is 16.9 Å². The maximum Gasteiger partial charge on any atom is 0.280 e. The fourth-order valence-electron chi connectivity index (χ4n) is 2.55. The van der Waals surface area contributed by atoms with Gasteiger partial charge in [-0.25, -0.2) is 0 Å². The number of hydrogen-bond acceptors (Lipinski definition) is 4. The van der Waals surface area contributed by atoms with Crippen molar-refractivity contribution in [3.8, 4) is 17.4 Å². The minimum Gasteiger partial charge on any atom is -0.456 e. The molecule has 1 heterocycles. The fraction of sp³-hybridized carbons (Fsp3) is 0.0500. The lowest BCUT2D eigenvalue weighted by atomic mass is 10.1. The van der Waals surface area contributed by atoms with Crippen molar-refractivity contribution in [3.05, 3.63) is 86.6 Å². The Kier molecular flexibility index (Phi) is 4.87. The maximum atomic E-state index is 11.3. The van der Waals surface area contributed by atoms with Crippen LogP contribution in [0.25, 0.3) is 23.0 Å². The molecule has 0 fully saturated rings. The van der Waals surface area contributed by atoms with E-state index in [0.29, 0.717) is 33.2 Å². The second-order valence-electron chi connectivity index (χ2n) is 5.66. The number of furan rings is 1. The van der Waals surface area contributed by atoms with Crippen molar-refractivity contribution in [2.24, 2.45) is 0 Å². The average molecular weight is 365 g/mol. The van der Waals surface area contributed by atoms with Crippen molar-refractivity contribution < 1.29 is 9.34 Å². The van der Waals surface area contributed by atoms with Gasteiger partial charge in [-0.1, -0.05) is 29.8 Å². The summed E-state index contributed by atoms with van der Waals surface area (Å²) in [4.78, 5) is 10.9. The Hall–Kier alpha value is -3.36. The van der Waals surface area contributed by atoms with Gasteiger partial charge in [0.15, 0.2) is 0 Å². The van der Waals surface area contributed by atoms with Crippen LogP contribution in [0.5, 0.6) is 0 Å². The second kappa shape index (κ2) is 7.26. The van der Waals surface area contributed by atoms with E-state index in [-0.39, 0.29) is 5.69 Å². The predicted octanol–water partition coefficient (Wildman–Crippen LogP) is 5.88. The molecule has 0 aliphatic rings. The second-order valence-corrected chi connectivity index (χ2v) is 6.10. The molecule has 0 spiro atoms. The molecular weight excluding hydrogens is 352 g/mol. The standard InChI is InChI=1S/C20H13ClN2O3/c1-13-5-7-18(19(9-13)23(24)25)20-8-6-17(26-20)11-15(12-22)14-3-2-4-16(21)10-14/h2-11H,1H3/b15-11-. The molecule has 0 bridgehead atoms. The van der Waals surface area contributed by atoms with Gasteiger partial charge in [-0.05, 0) is 54.5 Å². The Morgan fingerprint density at radius 1 is 1.23 bits per heavy atom. The molecule has 0 aliphatic carbocycles. The number of benzene rings is 2. The van der Waals surface area contributed by atoms with E-state index in [2.05, 4.69) is 6.07 Å². The Bertz CT molecular complexity index is 1060. The van der Waals surface area contributed by atoms with E-state index >= 15 is 0 Å². The highest BCUT2D eigenvalue weighted by Gasteiger charge is 2.18. The summed E-state index contributed by atoms with van der Waals surface area (Å²) >= 11 is 5.97. The first-order valence-electron chi connectivity index (χ1n) is 7.71. The van der Waals surface area contributed by atoms with Gasteiger partial charge in [0.1, 0.15) is 11.5 Å². The van der Waals surface area contributed by atoms with E-state index in [1.165, 1.54) is 6.07 Å². The van der Waals surface area contributed by atoms with Crippen molar-refractivity contribution >= 4 is 28.9 Å². The number of nitro benzene ring substituents is 1. The third-order valence-electron chi connectivity index (χ3n) is 3.78. The monoisotopic (exact) mass is 364 g/mol. The van der Waals surface area contributed by atoms with Crippen LogP contribution in [0.3, 0.4) is 0 Å². The van der Waals surface area contributed by atoms with Crippen LogP contribution >= 0.6 is 11.6 Å². The first kappa shape index (κ1) is 17.5. The van der Waals surface area contributed by atoms with Gasteiger partial charge >= 0.3 is 0 Å². The van der Waals surface area contributed by atoms with Crippen molar-refractivity contribution in [1.29, 1.82) is 5.26 Å². The average Bonchev–Trinajstić information content (AvgIpc) is 3.08. The Morgan fingerprint density at radius 3 is 2.73 bits per heavy atom. The molecule has 0 saturated heterocycles. The van der Waals surface area contributed by atoms with Crippen molar-refractivity contribution in [2.75, 3.05) is 0 Å². The maximum absolute atomic E-state index is 11.3. The molecule has 0 radical (unpaired) electrons. The van der Waals surface area contributed by atoms with Gasteiger partial charge in [0.05, 0.1) is 22.1 Å². The molecule has 0 amide bonds. The van der Waals surface area contributed by atoms with E-state index < -0.39 is 4.92 Å². The quantitative estimate of drug-likeness (QED) is 0.329. The summed E-state index contributed by atoms with van der Waals surface area (Å²) in [6.45, 7) is 1.79. The molecule has 2 aromatic carbocycles. The van der Waals surface area contributed by atoms with E-state index in [0.717, 1.165) is 5.56 Å². The molecule has 1 aromatic heterocycles. The molecule has 0 unspecified atom stereocenters. The van der Waals surface area contributed by atoms with Crippen molar-refractivity contribution in [3.63, 3.8) is 0 Å². The summed E-state index contributed by atoms with van der Waals surface area (Å²) in [5.41, 5.74) is 2.21. The summed E-state index contributed by atoms with van der Waals surface area (Å²) in [6.07, 6.45) is 1.58. The molecule has 3 rings (SSSR count). The minimum absolute atomic E-state index is 0.0229. The number of nitro groups is 1. The van der Waals surface area contributed by atoms with Gasteiger partial charge in [0.25, 0.3) is 5.69 Å². The summed E-state index contributed by atoms with van der Waals surface area (Å²) in [5.74, 6) is 0.790. The summed E-state index contributed by atoms with van der Waals surface area (Å²) < 4.78 is 5.72. The van der Waals surface area contributed by atoms with E-state index in [9.17, 15) is 15.4 Å². The Morgan fingerprint density at radius 2 is 2.04 bits per heavy atom. The SMILES string of the molecule is Cc1ccc(-c2ccc(/C=C(/C#N)c3cccc(Cl)c3)o2)c([N+](=O)[O-])c1.